The van der Waals surface area contributed by atoms with Gasteiger partial charge in [-0.05, 0) is 66.8 Å². The monoisotopic (exact) mass is 646 g/mol. The smallest absolute Gasteiger partial charge is 0.272 e. The quantitative estimate of drug-likeness (QED) is 0.164. The Kier molecular flexibility index (Phi) is 8.92. The van der Waals surface area contributed by atoms with Crippen molar-refractivity contribution in [2.24, 2.45) is 5.92 Å². The van der Waals surface area contributed by atoms with E-state index < -0.39 is 27.7 Å². The molecule has 1 atom stereocenters. The largest absolute Gasteiger partial charge is 0.494 e. The molecule has 10 heteroatoms. The predicted molar refractivity (Wildman–Crippen MR) is 180 cm³/mol. The van der Waals surface area contributed by atoms with Gasteiger partial charge in [0.05, 0.1) is 41.1 Å². The van der Waals surface area contributed by atoms with Crippen LogP contribution < -0.4 is 4.74 Å². The summed E-state index contributed by atoms with van der Waals surface area (Å²) in [5.41, 5.74) is 3.33. The highest BCUT2D eigenvalue weighted by Crippen LogP contribution is 2.38. The highest BCUT2D eigenvalue weighted by atomic mass is 32.2. The number of nitrogens with zero attached hydrogens (tertiary/aromatic N) is 4. The maximum Gasteiger partial charge on any atom is 0.272 e. The Labute approximate surface area is 274 Å². The summed E-state index contributed by atoms with van der Waals surface area (Å²) in [6.07, 6.45) is 4.51. The van der Waals surface area contributed by atoms with Crippen LogP contribution in [-0.4, -0.2) is 59.1 Å². The van der Waals surface area contributed by atoms with Crippen LogP contribution in [0.1, 0.15) is 37.8 Å². The third-order valence-corrected chi connectivity index (χ3v) is 10.1. The molecule has 0 radical (unpaired) electrons. The SMILES string of the molecule is CC(C)CCOc1ccc(-c2nn(-c3ccccc3)cc2/C=C2\C(=O)N(C3CCS(=O)(=O)C3)C(=O)C(C#N)=C2c2ccccc2)cc1. The molecule has 9 nitrogen and oxygen atoms in total. The van der Waals surface area contributed by atoms with Crippen molar-refractivity contribution in [2.45, 2.75) is 32.7 Å². The molecule has 2 aliphatic rings. The van der Waals surface area contributed by atoms with Gasteiger partial charge < -0.3 is 4.74 Å². The van der Waals surface area contributed by atoms with E-state index in [2.05, 4.69) is 13.8 Å². The highest BCUT2D eigenvalue weighted by molar-refractivity contribution is 7.91. The van der Waals surface area contributed by atoms with Gasteiger partial charge in [-0.3, -0.25) is 14.5 Å². The molecule has 3 heterocycles. The molecule has 238 valence electrons. The Morgan fingerprint density at radius 1 is 0.957 bits per heavy atom. The van der Waals surface area contributed by atoms with Gasteiger partial charge in [0.15, 0.2) is 9.84 Å². The van der Waals surface area contributed by atoms with Crippen LogP contribution in [0, 0.1) is 17.2 Å². The molecule has 1 aromatic heterocycles. The third kappa shape index (κ3) is 6.67. The van der Waals surface area contributed by atoms with Crippen LogP contribution in [0.4, 0.5) is 0 Å². The summed E-state index contributed by atoms with van der Waals surface area (Å²) in [6, 6.07) is 27.1. The van der Waals surface area contributed by atoms with Crippen molar-refractivity contribution in [1.82, 2.24) is 14.7 Å². The van der Waals surface area contributed by atoms with E-state index in [-0.39, 0.29) is 34.6 Å². The van der Waals surface area contributed by atoms with Gasteiger partial charge in [-0.1, -0.05) is 62.4 Å². The number of imide groups is 1. The molecule has 4 aromatic rings. The van der Waals surface area contributed by atoms with Crippen LogP contribution in [0.3, 0.4) is 0 Å². The van der Waals surface area contributed by atoms with Crippen molar-refractivity contribution in [3.63, 3.8) is 0 Å². The second kappa shape index (κ2) is 13.2. The van der Waals surface area contributed by atoms with Crippen molar-refractivity contribution in [2.75, 3.05) is 18.1 Å². The first kappa shape index (κ1) is 31.7. The fraction of sp³-hybridized carbons (Fsp3) is 0.243. The molecular formula is C37H34N4O5S. The standard InChI is InChI=1S/C37H34N4O5S/c1-25(2)17-19-46-31-15-13-27(14-16-31)35-28(23-40(39-35)29-11-7-4-8-12-29)21-32-34(26-9-5-3-6-10-26)33(22-38)37(43)41(36(32)42)30-18-20-47(44,45)24-30/h3-16,21,23,25,30H,17-20,24H2,1-2H3/b32-21-. The number of benzene rings is 3. The number of rotatable bonds is 9. The summed E-state index contributed by atoms with van der Waals surface area (Å²) in [7, 11) is -3.43. The number of nitriles is 1. The number of sulfone groups is 1. The average Bonchev–Trinajstić information content (AvgIpc) is 3.65. The van der Waals surface area contributed by atoms with Crippen LogP contribution >= 0.6 is 0 Å². The lowest BCUT2D eigenvalue weighted by molar-refractivity contribution is -0.142. The minimum atomic E-state index is -3.43. The molecule has 2 amide bonds. The number of hydrogen-bond donors (Lipinski definition) is 0. The number of carbonyl (C=O) groups is 2. The maximum atomic E-state index is 14.4. The molecule has 0 aliphatic carbocycles. The van der Waals surface area contributed by atoms with E-state index in [1.807, 2.05) is 60.7 Å². The Hall–Kier alpha value is -5.27. The summed E-state index contributed by atoms with van der Waals surface area (Å²) in [6.45, 7) is 4.89. The lowest BCUT2D eigenvalue weighted by Crippen LogP contribution is -2.49. The zero-order valence-corrected chi connectivity index (χ0v) is 27.0. The van der Waals surface area contributed by atoms with E-state index >= 15 is 0 Å². The summed E-state index contributed by atoms with van der Waals surface area (Å²) in [5, 5.41) is 15.2. The number of carbonyl (C=O) groups excluding carboxylic acids is 2. The third-order valence-electron chi connectivity index (χ3n) is 8.30. The topological polar surface area (TPSA) is 122 Å². The van der Waals surface area contributed by atoms with E-state index in [0.717, 1.165) is 28.3 Å². The minimum absolute atomic E-state index is 0.110. The van der Waals surface area contributed by atoms with Crippen LogP contribution in [0.5, 0.6) is 5.75 Å². The zero-order valence-electron chi connectivity index (χ0n) is 26.2. The fourth-order valence-corrected chi connectivity index (χ4v) is 7.55. The normalized spacial score (nSPS) is 18.6. The van der Waals surface area contributed by atoms with Crippen LogP contribution in [0.25, 0.3) is 28.6 Å². The summed E-state index contributed by atoms with van der Waals surface area (Å²) in [4.78, 5) is 29.1. The Bertz CT molecular complexity index is 2020. The predicted octanol–water partition coefficient (Wildman–Crippen LogP) is 5.88. The molecule has 0 spiro atoms. The zero-order chi connectivity index (χ0) is 33.1. The van der Waals surface area contributed by atoms with E-state index in [4.69, 9.17) is 9.84 Å². The van der Waals surface area contributed by atoms with Gasteiger partial charge in [0, 0.05) is 22.9 Å². The number of aromatic nitrogens is 2. The second-order valence-corrected chi connectivity index (χ2v) is 14.3. The van der Waals surface area contributed by atoms with Gasteiger partial charge in [-0.15, -0.1) is 0 Å². The molecule has 3 aromatic carbocycles. The summed E-state index contributed by atoms with van der Waals surface area (Å²) >= 11 is 0. The molecule has 1 saturated heterocycles. The van der Waals surface area contributed by atoms with E-state index in [1.54, 1.807) is 47.3 Å². The van der Waals surface area contributed by atoms with E-state index in [9.17, 15) is 23.3 Å². The number of hydrogen-bond acceptors (Lipinski definition) is 7. The van der Waals surface area contributed by atoms with Crippen LogP contribution in [0.2, 0.25) is 0 Å². The molecule has 1 unspecified atom stereocenters. The first-order chi connectivity index (χ1) is 22.6. The molecule has 6 rings (SSSR count). The molecule has 0 saturated carbocycles. The molecule has 0 N–H and O–H groups in total. The average molecular weight is 647 g/mol. The maximum absolute atomic E-state index is 14.4. The summed E-state index contributed by atoms with van der Waals surface area (Å²) in [5.74, 6) is -0.648. The van der Waals surface area contributed by atoms with Gasteiger partial charge >= 0.3 is 0 Å². The van der Waals surface area contributed by atoms with Gasteiger partial charge in [-0.2, -0.15) is 10.4 Å². The molecular weight excluding hydrogens is 612 g/mol. The van der Waals surface area contributed by atoms with Crippen molar-refractivity contribution >= 4 is 33.3 Å². The van der Waals surface area contributed by atoms with Crippen molar-refractivity contribution in [3.05, 3.63) is 113 Å². The van der Waals surface area contributed by atoms with Crippen molar-refractivity contribution in [3.8, 4) is 28.8 Å². The number of para-hydroxylation sites is 1. The minimum Gasteiger partial charge on any atom is -0.494 e. The van der Waals surface area contributed by atoms with Crippen molar-refractivity contribution < 1.29 is 22.7 Å². The molecule has 1 fully saturated rings. The molecule has 2 aliphatic heterocycles. The first-order valence-electron chi connectivity index (χ1n) is 15.5. The van der Waals surface area contributed by atoms with Crippen molar-refractivity contribution in [1.29, 1.82) is 5.26 Å². The van der Waals surface area contributed by atoms with Gasteiger partial charge in [0.25, 0.3) is 11.8 Å². The van der Waals surface area contributed by atoms with Gasteiger partial charge in [-0.25, -0.2) is 13.1 Å². The lowest BCUT2D eigenvalue weighted by Gasteiger charge is -2.32. The van der Waals surface area contributed by atoms with E-state index in [0.29, 0.717) is 29.3 Å². The van der Waals surface area contributed by atoms with Gasteiger partial charge in [0.1, 0.15) is 17.4 Å². The first-order valence-corrected chi connectivity index (χ1v) is 17.4. The molecule has 47 heavy (non-hydrogen) atoms. The Morgan fingerprint density at radius 3 is 2.26 bits per heavy atom. The summed E-state index contributed by atoms with van der Waals surface area (Å²) < 4.78 is 32.4. The highest BCUT2D eigenvalue weighted by Gasteiger charge is 2.45. The van der Waals surface area contributed by atoms with E-state index in [1.165, 1.54) is 0 Å². The lowest BCUT2D eigenvalue weighted by atomic mass is 9.86. The van der Waals surface area contributed by atoms with Gasteiger partial charge in [0.2, 0.25) is 0 Å². The number of amides is 2. The van der Waals surface area contributed by atoms with Crippen LogP contribution in [0.15, 0.2) is 102 Å². The number of ether oxygens (including phenoxy) is 1. The molecule has 0 bridgehead atoms. The second-order valence-electron chi connectivity index (χ2n) is 12.1. The Balaban J connectivity index is 1.51. The Morgan fingerprint density at radius 2 is 1.64 bits per heavy atom. The fourth-order valence-electron chi connectivity index (χ4n) is 5.85. The van der Waals surface area contributed by atoms with Crippen LogP contribution in [-0.2, 0) is 19.4 Å².